The van der Waals surface area contributed by atoms with Crippen LogP contribution in [0.1, 0.15) is 19.8 Å². The number of methoxy groups -OCH3 is 1. The quantitative estimate of drug-likeness (QED) is 0.516. The van der Waals surface area contributed by atoms with E-state index in [4.69, 9.17) is 4.74 Å². The molecule has 0 bridgehead atoms. The van der Waals surface area contributed by atoms with Crippen molar-refractivity contribution in [1.29, 1.82) is 0 Å². The number of ether oxygens (including phenoxy) is 1. The van der Waals surface area contributed by atoms with E-state index in [2.05, 4.69) is 13.5 Å². The first kappa shape index (κ1) is 8.70. The fraction of sp³-hybridized carbons (Fsp3) is 0.750. The molecule has 0 aromatic carbocycles. The summed E-state index contributed by atoms with van der Waals surface area (Å²) in [4.78, 5) is 0. The Hall–Kier alpha value is -0.300. The highest BCUT2D eigenvalue weighted by Gasteiger charge is 1.97. The predicted octanol–water partition coefficient (Wildman–Crippen LogP) is 2.24. The zero-order chi connectivity index (χ0) is 7.11. The minimum atomic E-state index is 0.674. The van der Waals surface area contributed by atoms with Gasteiger partial charge in [-0.1, -0.05) is 13.0 Å². The average Bonchev–Trinajstić information content (AvgIpc) is 1.85. The van der Waals surface area contributed by atoms with E-state index in [0.717, 1.165) is 13.0 Å². The molecule has 0 aliphatic rings. The maximum atomic E-state index is 4.97. The number of hydrogen-bond donors (Lipinski definition) is 0. The van der Waals surface area contributed by atoms with Crippen molar-refractivity contribution < 1.29 is 4.74 Å². The Balaban J connectivity index is 3.04. The normalized spacial score (nSPS) is 13.1. The van der Waals surface area contributed by atoms with Crippen molar-refractivity contribution in [1.82, 2.24) is 0 Å². The van der Waals surface area contributed by atoms with Crippen LogP contribution < -0.4 is 0 Å². The summed E-state index contributed by atoms with van der Waals surface area (Å²) in [5.74, 6) is 0.674. The molecule has 0 aromatic heterocycles. The third-order valence-corrected chi connectivity index (χ3v) is 1.31. The van der Waals surface area contributed by atoms with E-state index in [1.54, 1.807) is 7.11 Å². The molecule has 9 heavy (non-hydrogen) atoms. The van der Waals surface area contributed by atoms with Gasteiger partial charge >= 0.3 is 0 Å². The molecule has 0 amide bonds. The van der Waals surface area contributed by atoms with E-state index in [1.807, 2.05) is 6.08 Å². The summed E-state index contributed by atoms with van der Waals surface area (Å²) in [5, 5.41) is 0. The Labute approximate surface area is 57.7 Å². The van der Waals surface area contributed by atoms with Gasteiger partial charge in [-0.3, -0.25) is 0 Å². The number of rotatable bonds is 5. The van der Waals surface area contributed by atoms with E-state index in [-0.39, 0.29) is 0 Å². The maximum Gasteiger partial charge on any atom is 0.0487 e. The second-order valence-corrected chi connectivity index (χ2v) is 2.43. The van der Waals surface area contributed by atoms with Crippen LogP contribution in [0.4, 0.5) is 0 Å². The van der Waals surface area contributed by atoms with Gasteiger partial charge in [-0.2, -0.15) is 0 Å². The Morgan fingerprint density at radius 2 is 2.33 bits per heavy atom. The lowest BCUT2D eigenvalue weighted by atomic mass is 10.1. The van der Waals surface area contributed by atoms with E-state index in [9.17, 15) is 0 Å². The highest BCUT2D eigenvalue weighted by molar-refractivity contribution is 4.67. The van der Waals surface area contributed by atoms with Gasteiger partial charge in [-0.15, -0.1) is 6.58 Å². The van der Waals surface area contributed by atoms with Crippen LogP contribution >= 0.6 is 0 Å². The molecule has 0 rings (SSSR count). The number of hydrogen-bond acceptors (Lipinski definition) is 1. The molecule has 0 saturated heterocycles. The van der Waals surface area contributed by atoms with E-state index < -0.39 is 0 Å². The zero-order valence-electron chi connectivity index (χ0n) is 6.39. The van der Waals surface area contributed by atoms with Gasteiger partial charge in [-0.05, 0) is 18.8 Å². The third kappa shape index (κ3) is 5.57. The van der Waals surface area contributed by atoms with Crippen LogP contribution in [0.15, 0.2) is 12.7 Å². The minimum Gasteiger partial charge on any atom is -0.384 e. The monoisotopic (exact) mass is 128 g/mol. The van der Waals surface area contributed by atoms with Crippen LogP contribution in [0.25, 0.3) is 0 Å². The molecule has 0 heterocycles. The van der Waals surface area contributed by atoms with Crippen LogP contribution in [-0.2, 0) is 4.74 Å². The van der Waals surface area contributed by atoms with Crippen molar-refractivity contribution in [2.75, 3.05) is 13.7 Å². The molecule has 1 unspecified atom stereocenters. The van der Waals surface area contributed by atoms with Crippen molar-refractivity contribution >= 4 is 0 Å². The summed E-state index contributed by atoms with van der Waals surface area (Å²) in [5.41, 5.74) is 0. The van der Waals surface area contributed by atoms with Gasteiger partial charge in [-0.25, -0.2) is 0 Å². The lowest BCUT2D eigenvalue weighted by molar-refractivity contribution is 0.156. The first-order valence-corrected chi connectivity index (χ1v) is 3.41. The van der Waals surface area contributed by atoms with Crippen LogP contribution in [0, 0.1) is 5.92 Å². The van der Waals surface area contributed by atoms with Crippen LogP contribution in [0.5, 0.6) is 0 Å². The van der Waals surface area contributed by atoms with Crippen molar-refractivity contribution in [3.8, 4) is 0 Å². The van der Waals surface area contributed by atoms with Gasteiger partial charge in [0.25, 0.3) is 0 Å². The number of allylic oxidation sites excluding steroid dienone is 1. The van der Waals surface area contributed by atoms with Crippen LogP contribution in [0.2, 0.25) is 0 Å². The summed E-state index contributed by atoms with van der Waals surface area (Å²) in [6.45, 7) is 6.71. The summed E-state index contributed by atoms with van der Waals surface area (Å²) in [7, 11) is 1.74. The van der Waals surface area contributed by atoms with Crippen molar-refractivity contribution in [3.63, 3.8) is 0 Å². The van der Waals surface area contributed by atoms with Gasteiger partial charge in [0.05, 0.1) is 0 Å². The lowest BCUT2D eigenvalue weighted by Crippen LogP contribution is -2.02. The molecule has 1 heteroatoms. The molecular formula is C8H16O. The van der Waals surface area contributed by atoms with Crippen molar-refractivity contribution in [2.24, 2.45) is 5.92 Å². The molecule has 0 saturated carbocycles. The molecule has 1 nitrogen and oxygen atoms in total. The second kappa shape index (κ2) is 5.83. The molecule has 0 aromatic rings. The first-order valence-electron chi connectivity index (χ1n) is 3.41. The molecule has 0 aliphatic carbocycles. The molecule has 54 valence electrons. The second-order valence-electron chi connectivity index (χ2n) is 2.43. The topological polar surface area (TPSA) is 9.23 Å². The summed E-state index contributed by atoms with van der Waals surface area (Å²) >= 11 is 0. The lowest BCUT2D eigenvalue weighted by Gasteiger charge is -2.06. The summed E-state index contributed by atoms with van der Waals surface area (Å²) in [6, 6.07) is 0. The average molecular weight is 128 g/mol. The van der Waals surface area contributed by atoms with E-state index in [0.29, 0.717) is 5.92 Å². The van der Waals surface area contributed by atoms with Gasteiger partial charge in [0, 0.05) is 13.7 Å². The van der Waals surface area contributed by atoms with Gasteiger partial charge in [0.2, 0.25) is 0 Å². The predicted molar refractivity (Wildman–Crippen MR) is 40.5 cm³/mol. The molecule has 0 radical (unpaired) electrons. The maximum absolute atomic E-state index is 4.97. The Morgan fingerprint density at radius 3 is 2.78 bits per heavy atom. The third-order valence-electron chi connectivity index (χ3n) is 1.31. The first-order chi connectivity index (χ1) is 4.31. The SMILES string of the molecule is C=CCCC(C)COC. The van der Waals surface area contributed by atoms with E-state index >= 15 is 0 Å². The van der Waals surface area contributed by atoms with Gasteiger partial charge in [0.1, 0.15) is 0 Å². The van der Waals surface area contributed by atoms with Crippen LogP contribution in [-0.4, -0.2) is 13.7 Å². The zero-order valence-corrected chi connectivity index (χ0v) is 6.39. The van der Waals surface area contributed by atoms with E-state index in [1.165, 1.54) is 6.42 Å². The molecule has 0 aliphatic heterocycles. The highest BCUT2D eigenvalue weighted by atomic mass is 16.5. The summed E-state index contributed by atoms with van der Waals surface area (Å²) < 4.78 is 4.97. The largest absolute Gasteiger partial charge is 0.384 e. The Morgan fingerprint density at radius 1 is 1.67 bits per heavy atom. The Kier molecular flexibility index (Phi) is 5.64. The van der Waals surface area contributed by atoms with Gasteiger partial charge < -0.3 is 4.74 Å². The fourth-order valence-corrected chi connectivity index (χ4v) is 0.770. The standard InChI is InChI=1S/C8H16O/c1-4-5-6-8(2)7-9-3/h4,8H,1,5-7H2,2-3H3. The van der Waals surface area contributed by atoms with Crippen LogP contribution in [0.3, 0.4) is 0 Å². The molecular weight excluding hydrogens is 112 g/mol. The molecule has 0 fully saturated rings. The van der Waals surface area contributed by atoms with Crippen molar-refractivity contribution in [3.05, 3.63) is 12.7 Å². The smallest absolute Gasteiger partial charge is 0.0487 e. The molecule has 1 atom stereocenters. The van der Waals surface area contributed by atoms with Gasteiger partial charge in [0.15, 0.2) is 0 Å². The highest BCUT2D eigenvalue weighted by Crippen LogP contribution is 2.04. The summed E-state index contributed by atoms with van der Waals surface area (Å²) in [6.07, 6.45) is 4.24. The molecule has 0 spiro atoms. The Bertz CT molecular complexity index is 69.0. The van der Waals surface area contributed by atoms with Crippen molar-refractivity contribution in [2.45, 2.75) is 19.8 Å². The molecule has 0 N–H and O–H groups in total. The fourth-order valence-electron chi connectivity index (χ4n) is 0.770. The minimum absolute atomic E-state index is 0.674.